The molecule has 4 aromatic rings. The summed E-state index contributed by atoms with van der Waals surface area (Å²) in [6.45, 7) is 0.349. The SMILES string of the molecule is OC(Cc1ccc(COc2ccc(C(F)(F)F)cc2)cc1)c1ccc(COc2ccc(C(F)(F)F)cc2)cc1. The highest BCUT2D eigenvalue weighted by Gasteiger charge is 2.30. The fraction of sp³-hybridized carbons (Fsp3) is 0.200. The molecule has 0 saturated heterocycles. The van der Waals surface area contributed by atoms with Crippen LogP contribution in [0.5, 0.6) is 11.5 Å². The van der Waals surface area contributed by atoms with Gasteiger partial charge in [-0.3, -0.25) is 0 Å². The van der Waals surface area contributed by atoms with Gasteiger partial charge in [0.2, 0.25) is 0 Å². The van der Waals surface area contributed by atoms with E-state index >= 15 is 0 Å². The summed E-state index contributed by atoms with van der Waals surface area (Å²) in [5.74, 6) is 0.649. The monoisotopic (exact) mass is 546 g/mol. The maximum Gasteiger partial charge on any atom is 0.416 e. The van der Waals surface area contributed by atoms with Gasteiger partial charge in [-0.1, -0.05) is 48.5 Å². The first-order chi connectivity index (χ1) is 18.5. The number of aliphatic hydroxyl groups is 1. The molecule has 1 unspecified atom stereocenters. The van der Waals surface area contributed by atoms with Crippen LogP contribution in [0.4, 0.5) is 26.3 Å². The van der Waals surface area contributed by atoms with Gasteiger partial charge in [0.15, 0.2) is 0 Å². The Morgan fingerprint density at radius 3 is 1.26 bits per heavy atom. The van der Waals surface area contributed by atoms with Gasteiger partial charge in [0.1, 0.15) is 24.7 Å². The van der Waals surface area contributed by atoms with Gasteiger partial charge in [0.25, 0.3) is 0 Å². The van der Waals surface area contributed by atoms with Crippen molar-refractivity contribution in [3.63, 3.8) is 0 Å². The lowest BCUT2D eigenvalue weighted by molar-refractivity contribution is -0.138. The third kappa shape index (κ3) is 8.00. The molecule has 0 radical (unpaired) electrons. The number of ether oxygens (including phenoxy) is 2. The maximum absolute atomic E-state index is 12.7. The number of hydrogen-bond acceptors (Lipinski definition) is 3. The highest BCUT2D eigenvalue weighted by atomic mass is 19.4. The van der Waals surface area contributed by atoms with Crippen molar-refractivity contribution in [1.82, 2.24) is 0 Å². The quantitative estimate of drug-likeness (QED) is 0.215. The van der Waals surface area contributed by atoms with Gasteiger partial charge in [0, 0.05) is 6.42 Å². The standard InChI is InChI=1S/C30H24F6O3/c31-29(32,33)24-9-13-26(14-10-24)38-18-21-3-1-20(2-4-21)17-28(37)23-7-5-22(6-8-23)19-39-27-15-11-25(12-16-27)30(34,35)36/h1-16,28,37H,17-19H2. The fourth-order valence-electron chi connectivity index (χ4n) is 3.76. The number of rotatable bonds is 9. The van der Waals surface area contributed by atoms with Crippen molar-refractivity contribution in [1.29, 1.82) is 0 Å². The molecule has 0 aromatic heterocycles. The summed E-state index contributed by atoms with van der Waals surface area (Å²) in [6, 6.07) is 23.4. The lowest BCUT2D eigenvalue weighted by Crippen LogP contribution is -2.05. The Bertz CT molecular complexity index is 1330. The minimum absolute atomic E-state index is 0.164. The molecular weight excluding hydrogens is 522 g/mol. The largest absolute Gasteiger partial charge is 0.489 e. The van der Waals surface area contributed by atoms with Crippen LogP contribution in [0.1, 0.15) is 39.5 Å². The second kappa shape index (κ2) is 11.8. The Morgan fingerprint density at radius 1 is 0.513 bits per heavy atom. The molecule has 0 heterocycles. The van der Waals surface area contributed by atoms with E-state index in [2.05, 4.69) is 0 Å². The predicted octanol–water partition coefficient (Wildman–Crippen LogP) is 8.16. The summed E-state index contributed by atoms with van der Waals surface area (Å²) in [6.07, 6.45) is -9.19. The molecule has 0 aliphatic carbocycles. The molecule has 0 fully saturated rings. The summed E-state index contributed by atoms with van der Waals surface area (Å²) < 4.78 is 87.1. The summed E-state index contributed by atoms with van der Waals surface area (Å²) in [4.78, 5) is 0. The van der Waals surface area contributed by atoms with Crippen LogP contribution in [0.25, 0.3) is 0 Å². The molecular formula is C30H24F6O3. The molecule has 0 amide bonds. The maximum atomic E-state index is 12.7. The Hall–Kier alpha value is -3.98. The predicted molar refractivity (Wildman–Crippen MR) is 133 cm³/mol. The number of hydrogen-bond donors (Lipinski definition) is 1. The lowest BCUT2D eigenvalue weighted by atomic mass is 10.00. The average molecular weight is 547 g/mol. The van der Waals surface area contributed by atoms with Gasteiger partial charge in [-0.15, -0.1) is 0 Å². The first-order valence-electron chi connectivity index (χ1n) is 11.9. The van der Waals surface area contributed by atoms with Crippen LogP contribution in [-0.4, -0.2) is 5.11 Å². The van der Waals surface area contributed by atoms with Crippen LogP contribution in [0.15, 0.2) is 97.1 Å². The van der Waals surface area contributed by atoms with Gasteiger partial charge < -0.3 is 14.6 Å². The van der Waals surface area contributed by atoms with Crippen molar-refractivity contribution in [2.24, 2.45) is 0 Å². The van der Waals surface area contributed by atoms with E-state index in [4.69, 9.17) is 9.47 Å². The van der Waals surface area contributed by atoms with E-state index in [9.17, 15) is 31.4 Å². The van der Waals surface area contributed by atoms with Gasteiger partial charge in [-0.2, -0.15) is 26.3 Å². The number of alkyl halides is 6. The molecule has 4 rings (SSSR count). The number of halogens is 6. The van der Waals surface area contributed by atoms with Gasteiger partial charge in [0.05, 0.1) is 17.2 Å². The van der Waals surface area contributed by atoms with Crippen molar-refractivity contribution in [3.05, 3.63) is 130 Å². The van der Waals surface area contributed by atoms with Crippen molar-refractivity contribution >= 4 is 0 Å². The van der Waals surface area contributed by atoms with E-state index < -0.39 is 29.6 Å². The zero-order chi connectivity index (χ0) is 28.0. The van der Waals surface area contributed by atoms with Crippen LogP contribution >= 0.6 is 0 Å². The van der Waals surface area contributed by atoms with Crippen molar-refractivity contribution in [2.75, 3.05) is 0 Å². The number of benzene rings is 4. The number of aliphatic hydroxyl groups excluding tert-OH is 1. The van der Waals surface area contributed by atoms with Crippen LogP contribution in [0.3, 0.4) is 0 Å². The van der Waals surface area contributed by atoms with E-state index in [1.165, 1.54) is 24.3 Å². The molecule has 0 saturated carbocycles. The van der Waals surface area contributed by atoms with Crippen molar-refractivity contribution < 1.29 is 40.9 Å². The highest BCUT2D eigenvalue weighted by molar-refractivity contribution is 5.32. The van der Waals surface area contributed by atoms with Crippen LogP contribution in [0, 0.1) is 0 Å². The zero-order valence-electron chi connectivity index (χ0n) is 20.5. The summed E-state index contributed by atoms with van der Waals surface area (Å²) in [7, 11) is 0. The minimum atomic E-state index is -4.40. The Morgan fingerprint density at radius 2 is 0.872 bits per heavy atom. The molecule has 1 atom stereocenters. The van der Waals surface area contributed by atoms with Crippen molar-refractivity contribution in [2.45, 2.75) is 38.1 Å². The summed E-state index contributed by atoms with van der Waals surface area (Å²) >= 11 is 0. The smallest absolute Gasteiger partial charge is 0.416 e. The van der Waals surface area contributed by atoms with Gasteiger partial charge >= 0.3 is 12.4 Å². The average Bonchev–Trinajstić information content (AvgIpc) is 2.91. The van der Waals surface area contributed by atoms with Crippen LogP contribution in [0.2, 0.25) is 0 Å². The molecule has 204 valence electrons. The molecule has 0 bridgehead atoms. The zero-order valence-corrected chi connectivity index (χ0v) is 20.5. The second-order valence-corrected chi connectivity index (χ2v) is 8.90. The normalized spacial score (nSPS) is 12.7. The highest BCUT2D eigenvalue weighted by Crippen LogP contribution is 2.31. The molecule has 3 nitrogen and oxygen atoms in total. The van der Waals surface area contributed by atoms with E-state index in [1.54, 1.807) is 24.3 Å². The van der Waals surface area contributed by atoms with E-state index in [1.807, 2.05) is 24.3 Å². The summed E-state index contributed by atoms with van der Waals surface area (Å²) in [5.41, 5.74) is 1.72. The Kier molecular flexibility index (Phi) is 8.50. The summed E-state index contributed by atoms with van der Waals surface area (Å²) in [5, 5.41) is 10.6. The molecule has 0 aliphatic rings. The third-order valence-corrected chi connectivity index (χ3v) is 5.99. The minimum Gasteiger partial charge on any atom is -0.489 e. The second-order valence-electron chi connectivity index (χ2n) is 8.90. The fourth-order valence-corrected chi connectivity index (χ4v) is 3.76. The van der Waals surface area contributed by atoms with E-state index in [0.717, 1.165) is 41.0 Å². The Balaban J connectivity index is 1.25. The van der Waals surface area contributed by atoms with E-state index in [-0.39, 0.29) is 13.2 Å². The van der Waals surface area contributed by atoms with Crippen LogP contribution in [-0.2, 0) is 32.0 Å². The molecule has 39 heavy (non-hydrogen) atoms. The molecule has 0 aliphatic heterocycles. The third-order valence-electron chi connectivity index (χ3n) is 5.99. The van der Waals surface area contributed by atoms with Crippen molar-refractivity contribution in [3.8, 4) is 11.5 Å². The molecule has 1 N–H and O–H groups in total. The molecule has 0 spiro atoms. The van der Waals surface area contributed by atoms with Crippen LogP contribution < -0.4 is 9.47 Å². The van der Waals surface area contributed by atoms with E-state index in [0.29, 0.717) is 23.5 Å². The first kappa shape index (κ1) is 28.0. The lowest BCUT2D eigenvalue weighted by Gasteiger charge is -2.13. The topological polar surface area (TPSA) is 38.7 Å². The van der Waals surface area contributed by atoms with Gasteiger partial charge in [-0.25, -0.2) is 0 Å². The molecule has 9 heteroatoms. The van der Waals surface area contributed by atoms with Gasteiger partial charge in [-0.05, 0) is 70.8 Å². The molecule has 4 aromatic carbocycles. The first-order valence-corrected chi connectivity index (χ1v) is 11.9. The Labute approximate surface area is 221 Å².